The number of aliphatic carboxylic acids is 1. The van der Waals surface area contributed by atoms with Gasteiger partial charge < -0.3 is 10.8 Å². The number of carboxylic acid groups (broad SMARTS) is 1. The first kappa shape index (κ1) is 11.9. The minimum Gasteiger partial charge on any atom is -0.480 e. The highest BCUT2D eigenvalue weighted by Gasteiger charge is 2.28. The molecular weight excluding hydrogens is 206 g/mol. The molecule has 1 unspecified atom stereocenters. The Kier molecular flexibility index (Phi) is 3.65. The van der Waals surface area contributed by atoms with Gasteiger partial charge in [0.15, 0.2) is 0 Å². The molecule has 0 fully saturated rings. The van der Waals surface area contributed by atoms with E-state index in [1.54, 1.807) is 0 Å². The summed E-state index contributed by atoms with van der Waals surface area (Å²) >= 11 is 0. The average molecular weight is 223 g/mol. The molecule has 1 atom stereocenters. The number of rotatable bonds is 4. The lowest BCUT2D eigenvalue weighted by molar-refractivity contribution is -0.138. The van der Waals surface area contributed by atoms with Crippen LogP contribution in [0.25, 0.3) is 0 Å². The SMILES string of the molecule is C[Si](C)(CC(N)C(=O)O)c1ccccc1. The highest BCUT2D eigenvalue weighted by atomic mass is 28.3. The van der Waals surface area contributed by atoms with Gasteiger partial charge in [0.05, 0.1) is 8.07 Å². The quantitative estimate of drug-likeness (QED) is 0.749. The summed E-state index contributed by atoms with van der Waals surface area (Å²) in [5, 5.41) is 10.0. The number of benzene rings is 1. The van der Waals surface area contributed by atoms with E-state index in [0.29, 0.717) is 6.04 Å². The van der Waals surface area contributed by atoms with Crippen LogP contribution in [0.15, 0.2) is 30.3 Å². The van der Waals surface area contributed by atoms with Crippen molar-refractivity contribution in [2.75, 3.05) is 0 Å². The molecule has 82 valence electrons. The highest BCUT2D eigenvalue weighted by molar-refractivity contribution is 6.90. The molecule has 3 N–H and O–H groups in total. The summed E-state index contributed by atoms with van der Waals surface area (Å²) in [4.78, 5) is 10.7. The molecular formula is C11H17NO2Si. The van der Waals surface area contributed by atoms with Crippen molar-refractivity contribution in [3.63, 3.8) is 0 Å². The molecule has 0 heterocycles. The van der Waals surface area contributed by atoms with Crippen LogP contribution >= 0.6 is 0 Å². The van der Waals surface area contributed by atoms with Crippen LogP contribution in [0, 0.1) is 0 Å². The normalized spacial score (nSPS) is 13.5. The molecule has 3 nitrogen and oxygen atoms in total. The minimum atomic E-state index is -1.71. The first-order chi connectivity index (χ1) is 6.93. The highest BCUT2D eigenvalue weighted by Crippen LogP contribution is 2.11. The van der Waals surface area contributed by atoms with Crippen molar-refractivity contribution < 1.29 is 9.90 Å². The Morgan fingerprint density at radius 1 is 1.40 bits per heavy atom. The Labute approximate surface area is 90.9 Å². The fourth-order valence-electron chi connectivity index (χ4n) is 1.64. The van der Waals surface area contributed by atoms with Gasteiger partial charge in [-0.15, -0.1) is 0 Å². The Morgan fingerprint density at radius 3 is 2.40 bits per heavy atom. The van der Waals surface area contributed by atoms with Gasteiger partial charge in [-0.3, -0.25) is 4.79 Å². The molecule has 0 bridgehead atoms. The van der Waals surface area contributed by atoms with Crippen LogP contribution in [0.1, 0.15) is 0 Å². The van der Waals surface area contributed by atoms with Crippen molar-refractivity contribution in [2.24, 2.45) is 5.73 Å². The Bertz CT molecular complexity index is 338. The maximum absolute atomic E-state index is 10.7. The van der Waals surface area contributed by atoms with Gasteiger partial charge in [-0.05, 0) is 6.04 Å². The summed E-state index contributed by atoms with van der Waals surface area (Å²) in [6.45, 7) is 4.29. The second-order valence-corrected chi connectivity index (χ2v) is 9.15. The van der Waals surface area contributed by atoms with Gasteiger partial charge in [-0.2, -0.15) is 0 Å². The van der Waals surface area contributed by atoms with E-state index in [1.165, 1.54) is 5.19 Å². The van der Waals surface area contributed by atoms with Crippen molar-refractivity contribution in [1.29, 1.82) is 0 Å². The topological polar surface area (TPSA) is 63.3 Å². The van der Waals surface area contributed by atoms with Crippen LogP contribution in [0.4, 0.5) is 0 Å². The lowest BCUT2D eigenvalue weighted by Gasteiger charge is -2.24. The molecule has 1 aromatic carbocycles. The van der Waals surface area contributed by atoms with E-state index in [1.807, 2.05) is 18.2 Å². The third kappa shape index (κ3) is 3.18. The van der Waals surface area contributed by atoms with Crippen molar-refractivity contribution in [1.82, 2.24) is 0 Å². The molecule has 15 heavy (non-hydrogen) atoms. The van der Waals surface area contributed by atoms with Crippen LogP contribution in [-0.2, 0) is 4.79 Å². The van der Waals surface area contributed by atoms with Gasteiger partial charge in [0.25, 0.3) is 0 Å². The van der Waals surface area contributed by atoms with E-state index in [0.717, 1.165) is 0 Å². The smallest absolute Gasteiger partial charge is 0.320 e. The van der Waals surface area contributed by atoms with E-state index >= 15 is 0 Å². The van der Waals surface area contributed by atoms with Crippen LogP contribution in [0.3, 0.4) is 0 Å². The minimum absolute atomic E-state index is 0.576. The van der Waals surface area contributed by atoms with Gasteiger partial charge in [0, 0.05) is 0 Å². The molecule has 0 spiro atoms. The lowest BCUT2D eigenvalue weighted by Crippen LogP contribution is -2.48. The standard InChI is InChI=1S/C11H17NO2Si/c1-15(2,8-10(12)11(13)14)9-6-4-3-5-7-9/h3-7,10H,8,12H2,1-2H3,(H,13,14). The predicted octanol–water partition coefficient (Wildman–Crippen LogP) is 1.01. The second kappa shape index (κ2) is 4.59. The summed E-state index contributed by atoms with van der Waals surface area (Å²) < 4.78 is 0. The Hall–Kier alpha value is -1.13. The number of carboxylic acids is 1. The van der Waals surface area contributed by atoms with Crippen molar-refractivity contribution in [3.05, 3.63) is 30.3 Å². The fraction of sp³-hybridized carbons (Fsp3) is 0.364. The zero-order valence-electron chi connectivity index (χ0n) is 9.10. The maximum atomic E-state index is 10.7. The van der Waals surface area contributed by atoms with Crippen LogP contribution in [0.2, 0.25) is 19.1 Å². The summed E-state index contributed by atoms with van der Waals surface area (Å²) in [6.07, 6.45) is 0. The first-order valence-electron chi connectivity index (χ1n) is 4.97. The zero-order valence-corrected chi connectivity index (χ0v) is 10.1. The lowest BCUT2D eigenvalue weighted by atomic mass is 10.4. The summed E-state index contributed by atoms with van der Waals surface area (Å²) in [6, 6.07) is 9.87. The summed E-state index contributed by atoms with van der Waals surface area (Å²) in [7, 11) is -1.71. The number of hydrogen-bond acceptors (Lipinski definition) is 2. The van der Waals surface area contributed by atoms with E-state index in [-0.39, 0.29) is 0 Å². The van der Waals surface area contributed by atoms with E-state index in [4.69, 9.17) is 10.8 Å². The Morgan fingerprint density at radius 2 is 1.93 bits per heavy atom. The molecule has 0 saturated heterocycles. The van der Waals surface area contributed by atoms with Gasteiger partial charge >= 0.3 is 5.97 Å². The van der Waals surface area contributed by atoms with Crippen molar-refractivity contribution in [2.45, 2.75) is 25.2 Å². The van der Waals surface area contributed by atoms with Crippen molar-refractivity contribution in [3.8, 4) is 0 Å². The third-order valence-corrected chi connectivity index (χ3v) is 5.96. The molecule has 4 heteroatoms. The van der Waals surface area contributed by atoms with Gasteiger partial charge in [-0.25, -0.2) is 0 Å². The number of nitrogens with two attached hydrogens (primary N) is 1. The molecule has 0 aliphatic carbocycles. The molecule has 0 saturated carbocycles. The molecule has 0 aromatic heterocycles. The second-order valence-electron chi connectivity index (χ2n) is 4.40. The van der Waals surface area contributed by atoms with E-state index < -0.39 is 20.1 Å². The van der Waals surface area contributed by atoms with E-state index in [9.17, 15) is 4.79 Å². The first-order valence-corrected chi connectivity index (χ1v) is 8.18. The third-order valence-electron chi connectivity index (χ3n) is 2.60. The predicted molar refractivity (Wildman–Crippen MR) is 64.0 cm³/mol. The monoisotopic (exact) mass is 223 g/mol. The van der Waals surface area contributed by atoms with Crippen LogP contribution in [0.5, 0.6) is 0 Å². The molecule has 1 rings (SSSR count). The largest absolute Gasteiger partial charge is 0.480 e. The van der Waals surface area contributed by atoms with Gasteiger partial charge in [0.2, 0.25) is 0 Å². The van der Waals surface area contributed by atoms with Crippen LogP contribution in [-0.4, -0.2) is 25.2 Å². The van der Waals surface area contributed by atoms with Gasteiger partial charge in [0.1, 0.15) is 6.04 Å². The molecule has 0 radical (unpaired) electrons. The molecule has 0 aliphatic rings. The average Bonchev–Trinajstić information content (AvgIpc) is 2.18. The van der Waals surface area contributed by atoms with Crippen molar-refractivity contribution >= 4 is 19.2 Å². The zero-order chi connectivity index (χ0) is 11.5. The maximum Gasteiger partial charge on any atom is 0.320 e. The molecule has 0 amide bonds. The number of carbonyl (C=O) groups is 1. The van der Waals surface area contributed by atoms with E-state index in [2.05, 4.69) is 25.2 Å². The fourth-order valence-corrected chi connectivity index (χ4v) is 4.25. The number of hydrogen-bond donors (Lipinski definition) is 2. The summed E-state index contributed by atoms with van der Waals surface area (Å²) in [5.74, 6) is -0.911. The molecule has 1 aromatic rings. The van der Waals surface area contributed by atoms with Gasteiger partial charge in [-0.1, -0.05) is 48.6 Å². The summed E-state index contributed by atoms with van der Waals surface area (Å²) in [5.41, 5.74) is 5.58. The molecule has 0 aliphatic heterocycles. The Balaban J connectivity index is 2.80. The van der Waals surface area contributed by atoms with Crippen LogP contribution < -0.4 is 10.9 Å².